The van der Waals surface area contributed by atoms with Crippen LogP contribution in [0.15, 0.2) is 0 Å². The van der Waals surface area contributed by atoms with Crippen LogP contribution in [-0.2, 0) is 4.74 Å². The van der Waals surface area contributed by atoms with Crippen LogP contribution in [0, 0.1) is 0 Å². The highest BCUT2D eigenvalue weighted by molar-refractivity contribution is 4.74. The van der Waals surface area contributed by atoms with Gasteiger partial charge in [-0.2, -0.15) is 0 Å². The first-order chi connectivity index (χ1) is 6.33. The summed E-state index contributed by atoms with van der Waals surface area (Å²) in [6.07, 6.45) is 0. The van der Waals surface area contributed by atoms with Crippen LogP contribution in [0.2, 0.25) is 0 Å². The molecule has 2 N–H and O–H groups in total. The van der Waals surface area contributed by atoms with E-state index in [1.54, 1.807) is 0 Å². The van der Waals surface area contributed by atoms with E-state index in [0.29, 0.717) is 12.6 Å². The molecule has 0 aliphatic carbocycles. The van der Waals surface area contributed by atoms with Crippen LogP contribution in [0.1, 0.15) is 6.92 Å². The molecule has 1 aliphatic heterocycles. The van der Waals surface area contributed by atoms with Gasteiger partial charge in [0.2, 0.25) is 0 Å². The first-order valence-corrected chi connectivity index (χ1v) is 4.97. The zero-order valence-corrected chi connectivity index (χ0v) is 8.33. The van der Waals surface area contributed by atoms with Crippen molar-refractivity contribution >= 4 is 0 Å². The van der Waals surface area contributed by atoms with E-state index in [9.17, 15) is 0 Å². The lowest BCUT2D eigenvalue weighted by molar-refractivity contribution is 0.0676. The summed E-state index contributed by atoms with van der Waals surface area (Å²) in [6.45, 7) is 7.76. The lowest BCUT2D eigenvalue weighted by atomic mass is 10.2. The molecule has 0 saturated carbocycles. The Labute approximate surface area is 79.9 Å². The molecule has 1 rings (SSSR count). The van der Waals surface area contributed by atoms with Crippen LogP contribution in [-0.4, -0.2) is 62.0 Å². The predicted octanol–water partition coefficient (Wildman–Crippen LogP) is -0.711. The van der Waals surface area contributed by atoms with Gasteiger partial charge in [0.05, 0.1) is 19.8 Å². The predicted molar refractivity (Wildman–Crippen MR) is 51.8 cm³/mol. The molecule has 0 spiro atoms. The van der Waals surface area contributed by atoms with Crippen molar-refractivity contribution in [2.24, 2.45) is 0 Å². The molecule has 0 aromatic rings. The van der Waals surface area contributed by atoms with Gasteiger partial charge in [-0.25, -0.2) is 0 Å². The summed E-state index contributed by atoms with van der Waals surface area (Å²) in [7, 11) is 0. The van der Waals surface area contributed by atoms with Crippen LogP contribution in [0.5, 0.6) is 0 Å². The fourth-order valence-corrected chi connectivity index (χ4v) is 1.58. The van der Waals surface area contributed by atoms with E-state index in [2.05, 4.69) is 17.1 Å². The maximum atomic E-state index is 8.50. The third-order valence-electron chi connectivity index (χ3n) is 2.24. The molecule has 1 aliphatic rings. The van der Waals surface area contributed by atoms with E-state index < -0.39 is 0 Å². The average Bonchev–Trinajstić information content (AvgIpc) is 2.13. The Bertz CT molecular complexity index is 133. The average molecular weight is 188 g/mol. The Balaban J connectivity index is 2.00. The summed E-state index contributed by atoms with van der Waals surface area (Å²) >= 11 is 0. The van der Waals surface area contributed by atoms with Gasteiger partial charge in [0.15, 0.2) is 0 Å². The Morgan fingerprint density at radius 2 is 2.38 bits per heavy atom. The lowest BCUT2D eigenvalue weighted by Gasteiger charge is -2.31. The van der Waals surface area contributed by atoms with E-state index in [4.69, 9.17) is 9.84 Å². The van der Waals surface area contributed by atoms with Crippen molar-refractivity contribution < 1.29 is 9.84 Å². The molecule has 0 unspecified atom stereocenters. The van der Waals surface area contributed by atoms with E-state index >= 15 is 0 Å². The zero-order chi connectivity index (χ0) is 9.52. The number of aliphatic hydroxyl groups is 1. The minimum atomic E-state index is 0.123. The summed E-state index contributed by atoms with van der Waals surface area (Å²) in [6, 6.07) is 0.589. The summed E-state index contributed by atoms with van der Waals surface area (Å²) in [5.74, 6) is 0. The van der Waals surface area contributed by atoms with Crippen molar-refractivity contribution in [3.8, 4) is 0 Å². The summed E-state index contributed by atoms with van der Waals surface area (Å²) in [4.78, 5) is 2.39. The molecule has 78 valence electrons. The maximum absolute atomic E-state index is 8.50. The van der Waals surface area contributed by atoms with Gasteiger partial charge in [0, 0.05) is 32.2 Å². The molecule has 1 saturated heterocycles. The summed E-state index contributed by atoms with van der Waals surface area (Å²) in [5.41, 5.74) is 0. The Hall–Kier alpha value is -0.160. The molecule has 4 nitrogen and oxygen atoms in total. The van der Waals surface area contributed by atoms with E-state index in [1.807, 2.05) is 0 Å². The summed E-state index contributed by atoms with van der Waals surface area (Å²) < 4.78 is 5.21. The van der Waals surface area contributed by atoms with Crippen molar-refractivity contribution in [2.45, 2.75) is 13.0 Å². The molecule has 0 radical (unpaired) electrons. The molecule has 4 heteroatoms. The number of ether oxygens (including phenoxy) is 1. The van der Waals surface area contributed by atoms with Gasteiger partial charge >= 0.3 is 0 Å². The minimum Gasteiger partial charge on any atom is -0.394 e. The fraction of sp³-hybridized carbons (Fsp3) is 1.00. The molecular formula is C9H20N2O2. The number of rotatable bonds is 5. The number of hydrogen-bond acceptors (Lipinski definition) is 4. The van der Waals surface area contributed by atoms with Gasteiger partial charge in [0.25, 0.3) is 0 Å². The second-order valence-electron chi connectivity index (χ2n) is 3.49. The Morgan fingerprint density at radius 1 is 1.54 bits per heavy atom. The van der Waals surface area contributed by atoms with Gasteiger partial charge < -0.3 is 15.2 Å². The maximum Gasteiger partial charge on any atom is 0.0698 e. The molecule has 1 atom stereocenters. The quantitative estimate of drug-likeness (QED) is 0.559. The number of nitrogens with zero attached hydrogens (tertiary/aromatic N) is 1. The molecule has 0 amide bonds. The number of aliphatic hydroxyl groups excluding tert-OH is 1. The highest BCUT2D eigenvalue weighted by atomic mass is 16.5. The molecule has 0 bridgehead atoms. The molecule has 1 fully saturated rings. The molecular weight excluding hydrogens is 168 g/mol. The van der Waals surface area contributed by atoms with E-state index in [0.717, 1.165) is 32.8 Å². The van der Waals surface area contributed by atoms with Crippen LogP contribution in [0.25, 0.3) is 0 Å². The second kappa shape index (κ2) is 6.32. The highest BCUT2D eigenvalue weighted by Crippen LogP contribution is 1.97. The highest BCUT2D eigenvalue weighted by Gasteiger charge is 2.14. The van der Waals surface area contributed by atoms with Crippen LogP contribution in [0.4, 0.5) is 0 Å². The Morgan fingerprint density at radius 3 is 3.08 bits per heavy atom. The second-order valence-corrected chi connectivity index (χ2v) is 3.49. The summed E-state index contributed by atoms with van der Waals surface area (Å²) in [5, 5.41) is 11.9. The van der Waals surface area contributed by atoms with Crippen molar-refractivity contribution in [3.63, 3.8) is 0 Å². The van der Waals surface area contributed by atoms with E-state index in [1.165, 1.54) is 0 Å². The molecule has 13 heavy (non-hydrogen) atoms. The lowest BCUT2D eigenvalue weighted by Crippen LogP contribution is -2.49. The van der Waals surface area contributed by atoms with Crippen LogP contribution >= 0.6 is 0 Å². The largest absolute Gasteiger partial charge is 0.394 e. The van der Waals surface area contributed by atoms with Gasteiger partial charge in [-0.3, -0.25) is 4.90 Å². The zero-order valence-electron chi connectivity index (χ0n) is 8.33. The van der Waals surface area contributed by atoms with Crippen molar-refractivity contribution in [1.29, 1.82) is 0 Å². The molecule has 0 aromatic heterocycles. The SMILES string of the molecule is C[C@H]1CN(CCOCCO)CCN1. The Kier molecular flexibility index (Phi) is 5.31. The third-order valence-corrected chi connectivity index (χ3v) is 2.24. The van der Waals surface area contributed by atoms with Crippen molar-refractivity contribution in [1.82, 2.24) is 10.2 Å². The smallest absolute Gasteiger partial charge is 0.0698 e. The minimum absolute atomic E-state index is 0.123. The fourth-order valence-electron chi connectivity index (χ4n) is 1.58. The third kappa shape index (κ3) is 4.57. The van der Waals surface area contributed by atoms with Crippen LogP contribution in [0.3, 0.4) is 0 Å². The normalized spacial score (nSPS) is 24.9. The number of piperazine rings is 1. The van der Waals surface area contributed by atoms with E-state index in [-0.39, 0.29) is 6.61 Å². The number of nitrogens with one attached hydrogen (secondary N) is 1. The monoisotopic (exact) mass is 188 g/mol. The van der Waals surface area contributed by atoms with Gasteiger partial charge in [0.1, 0.15) is 0 Å². The van der Waals surface area contributed by atoms with Gasteiger partial charge in [-0.1, -0.05) is 0 Å². The van der Waals surface area contributed by atoms with Gasteiger partial charge in [-0.15, -0.1) is 0 Å². The first kappa shape index (κ1) is 10.9. The molecule has 1 heterocycles. The molecule has 0 aromatic carbocycles. The van der Waals surface area contributed by atoms with Crippen molar-refractivity contribution in [3.05, 3.63) is 0 Å². The topological polar surface area (TPSA) is 44.7 Å². The van der Waals surface area contributed by atoms with Crippen LogP contribution < -0.4 is 5.32 Å². The first-order valence-electron chi connectivity index (χ1n) is 4.97. The van der Waals surface area contributed by atoms with Gasteiger partial charge in [-0.05, 0) is 6.92 Å². The standard InChI is InChI=1S/C9H20N2O2/c1-9-8-11(3-2-10-9)4-6-13-7-5-12/h9-10,12H,2-8H2,1H3/t9-/m0/s1. The number of hydrogen-bond donors (Lipinski definition) is 2. The van der Waals surface area contributed by atoms with Crippen molar-refractivity contribution in [2.75, 3.05) is 46.0 Å².